The lowest BCUT2D eigenvalue weighted by Gasteiger charge is -2.31. The Morgan fingerprint density at radius 2 is 1.78 bits per heavy atom. The van der Waals surface area contributed by atoms with Crippen molar-refractivity contribution in [2.24, 2.45) is 5.92 Å². The number of alkyl halides is 3. The van der Waals surface area contributed by atoms with Crippen LogP contribution in [0, 0.1) is 5.92 Å². The fourth-order valence-corrected chi connectivity index (χ4v) is 5.97. The van der Waals surface area contributed by atoms with Gasteiger partial charge in [-0.3, -0.25) is 9.69 Å². The minimum atomic E-state index is -4.60. The number of aliphatic hydroxyl groups excluding tert-OH is 2. The summed E-state index contributed by atoms with van der Waals surface area (Å²) in [6.07, 6.45) is -6.62. The van der Waals surface area contributed by atoms with Gasteiger partial charge in [0.15, 0.2) is 6.10 Å². The number of carbonyl (C=O) groups is 2. The standard InChI is InChI=1S/C33H38F3N3O5S/c1-3-22(2)18-38(45-27-14-12-24(21-40)13-15-27)19-29(41)28(16-23-8-5-4-6-9-23)37-31(42)30-20-39(32(43)44-30)26-11-7-10-25(17-26)33(34,35)36/h4-15,17,22,28-30,40-41H,3,16,18-21H2,1-2H3,(H,37,42). The number of rotatable bonds is 14. The van der Waals surface area contributed by atoms with Crippen LogP contribution in [0.5, 0.6) is 0 Å². The van der Waals surface area contributed by atoms with Gasteiger partial charge in [0.25, 0.3) is 5.91 Å². The molecule has 1 heterocycles. The number of halogens is 3. The molecule has 2 amide bonds. The van der Waals surface area contributed by atoms with Crippen LogP contribution >= 0.6 is 11.9 Å². The molecule has 0 spiro atoms. The molecule has 242 valence electrons. The van der Waals surface area contributed by atoms with Crippen LogP contribution in [0.1, 0.15) is 37.0 Å². The number of benzene rings is 3. The van der Waals surface area contributed by atoms with Crippen LogP contribution in [0.4, 0.5) is 23.7 Å². The molecule has 0 radical (unpaired) electrons. The van der Waals surface area contributed by atoms with E-state index in [1.165, 1.54) is 24.1 Å². The number of anilines is 1. The number of aliphatic hydroxyl groups is 2. The van der Waals surface area contributed by atoms with Gasteiger partial charge in [-0.2, -0.15) is 13.2 Å². The summed E-state index contributed by atoms with van der Waals surface area (Å²) in [7, 11) is 0. The number of nitrogens with zero attached hydrogens (tertiary/aromatic N) is 2. The first-order valence-electron chi connectivity index (χ1n) is 14.8. The summed E-state index contributed by atoms with van der Waals surface area (Å²) in [5, 5.41) is 23.8. The molecule has 3 N–H and O–H groups in total. The molecule has 4 unspecified atom stereocenters. The second-order valence-corrected chi connectivity index (χ2v) is 12.3. The van der Waals surface area contributed by atoms with Gasteiger partial charge in [0.2, 0.25) is 0 Å². The molecule has 3 aromatic rings. The van der Waals surface area contributed by atoms with Crippen LogP contribution in [-0.2, 0) is 28.7 Å². The van der Waals surface area contributed by atoms with Gasteiger partial charge < -0.3 is 20.3 Å². The van der Waals surface area contributed by atoms with Crippen molar-refractivity contribution < 1.29 is 37.7 Å². The summed E-state index contributed by atoms with van der Waals surface area (Å²) in [4.78, 5) is 28.0. The molecule has 4 rings (SSSR count). The molecule has 0 saturated carbocycles. The zero-order valence-electron chi connectivity index (χ0n) is 25.1. The highest BCUT2D eigenvalue weighted by molar-refractivity contribution is 7.97. The Morgan fingerprint density at radius 1 is 1.07 bits per heavy atom. The summed E-state index contributed by atoms with van der Waals surface area (Å²) >= 11 is 1.47. The molecule has 1 saturated heterocycles. The Balaban J connectivity index is 1.49. The highest BCUT2D eigenvalue weighted by Crippen LogP contribution is 2.33. The first-order chi connectivity index (χ1) is 21.5. The monoisotopic (exact) mass is 645 g/mol. The predicted molar refractivity (Wildman–Crippen MR) is 166 cm³/mol. The van der Waals surface area contributed by atoms with Crippen molar-refractivity contribution >= 4 is 29.6 Å². The van der Waals surface area contributed by atoms with E-state index in [-0.39, 0.29) is 25.4 Å². The van der Waals surface area contributed by atoms with E-state index in [0.29, 0.717) is 18.9 Å². The molecule has 12 heteroatoms. The average molecular weight is 646 g/mol. The molecular weight excluding hydrogens is 607 g/mol. The molecule has 8 nitrogen and oxygen atoms in total. The molecule has 45 heavy (non-hydrogen) atoms. The van der Waals surface area contributed by atoms with Crippen molar-refractivity contribution in [2.75, 3.05) is 24.5 Å². The Kier molecular flexibility index (Phi) is 11.9. The summed E-state index contributed by atoms with van der Waals surface area (Å²) in [5.74, 6) is -0.332. The smallest absolute Gasteiger partial charge is 0.416 e. The van der Waals surface area contributed by atoms with Gasteiger partial charge in [-0.25, -0.2) is 9.10 Å². The van der Waals surface area contributed by atoms with Crippen LogP contribution in [-0.4, -0.2) is 64.4 Å². The van der Waals surface area contributed by atoms with E-state index >= 15 is 0 Å². The number of amides is 2. The van der Waals surface area contributed by atoms with Gasteiger partial charge in [-0.1, -0.05) is 68.8 Å². The van der Waals surface area contributed by atoms with Gasteiger partial charge in [-0.05, 0) is 65.7 Å². The Hall–Kier alpha value is -3.58. The number of carbonyl (C=O) groups excluding carboxylic acids is 2. The van der Waals surface area contributed by atoms with Gasteiger partial charge >= 0.3 is 12.3 Å². The van der Waals surface area contributed by atoms with E-state index in [1.54, 1.807) is 0 Å². The molecule has 0 bridgehead atoms. The Labute approximate surface area is 265 Å². The van der Waals surface area contributed by atoms with E-state index in [2.05, 4.69) is 19.2 Å². The number of hydrogen-bond acceptors (Lipinski definition) is 7. The number of nitrogens with one attached hydrogen (secondary N) is 1. The van der Waals surface area contributed by atoms with Crippen molar-refractivity contribution in [2.45, 2.75) is 62.6 Å². The Bertz CT molecular complexity index is 1410. The lowest BCUT2D eigenvalue weighted by Crippen LogP contribution is -2.52. The van der Waals surface area contributed by atoms with Gasteiger partial charge in [0, 0.05) is 23.7 Å². The molecular formula is C33H38F3N3O5S. The second kappa shape index (κ2) is 15.6. The fourth-order valence-electron chi connectivity index (χ4n) is 4.85. The minimum Gasteiger partial charge on any atom is -0.434 e. The third kappa shape index (κ3) is 9.70. The molecule has 0 aromatic heterocycles. The highest BCUT2D eigenvalue weighted by Gasteiger charge is 2.39. The van der Waals surface area contributed by atoms with Crippen molar-refractivity contribution in [3.8, 4) is 0 Å². The molecule has 1 fully saturated rings. The van der Waals surface area contributed by atoms with Crippen molar-refractivity contribution in [1.29, 1.82) is 0 Å². The molecule has 3 aromatic carbocycles. The maximum atomic E-state index is 13.4. The van der Waals surface area contributed by atoms with E-state index in [1.807, 2.05) is 58.9 Å². The number of cyclic esters (lactones) is 1. The first-order valence-corrected chi connectivity index (χ1v) is 15.5. The molecule has 1 aliphatic heterocycles. The second-order valence-electron chi connectivity index (χ2n) is 11.2. The minimum absolute atomic E-state index is 0.0317. The van der Waals surface area contributed by atoms with Gasteiger partial charge in [0.1, 0.15) is 0 Å². The summed E-state index contributed by atoms with van der Waals surface area (Å²) in [6.45, 7) is 4.73. The molecule has 4 atom stereocenters. The van der Waals surface area contributed by atoms with Crippen LogP contribution < -0.4 is 10.2 Å². The zero-order valence-corrected chi connectivity index (χ0v) is 25.9. The third-order valence-electron chi connectivity index (χ3n) is 7.62. The normalized spacial score (nSPS) is 17.2. The van der Waals surface area contributed by atoms with Crippen LogP contribution in [0.25, 0.3) is 0 Å². The van der Waals surface area contributed by atoms with E-state index in [9.17, 15) is 33.0 Å². The van der Waals surface area contributed by atoms with E-state index in [0.717, 1.165) is 39.5 Å². The lowest BCUT2D eigenvalue weighted by molar-refractivity contribution is -0.137. The maximum Gasteiger partial charge on any atom is 0.416 e. The SMILES string of the molecule is CCC(C)CN(CC(O)C(Cc1ccccc1)NC(=O)C1CN(c2cccc(C(F)(F)F)c2)C(=O)O1)Sc1ccc(CO)cc1. The van der Waals surface area contributed by atoms with Crippen molar-refractivity contribution in [3.63, 3.8) is 0 Å². The fraction of sp³-hybridized carbons (Fsp3) is 0.394. The largest absolute Gasteiger partial charge is 0.434 e. The third-order valence-corrected chi connectivity index (χ3v) is 8.66. The molecule has 1 aliphatic rings. The van der Waals surface area contributed by atoms with Crippen LogP contribution in [0.15, 0.2) is 83.8 Å². The topological polar surface area (TPSA) is 102 Å². The summed E-state index contributed by atoms with van der Waals surface area (Å²) in [5.41, 5.74) is 0.709. The van der Waals surface area contributed by atoms with E-state index < -0.39 is 42.0 Å². The molecule has 0 aliphatic carbocycles. The predicted octanol–water partition coefficient (Wildman–Crippen LogP) is 5.67. The van der Waals surface area contributed by atoms with Crippen molar-refractivity contribution in [1.82, 2.24) is 9.62 Å². The summed E-state index contributed by atoms with van der Waals surface area (Å²) in [6, 6.07) is 20.3. The van der Waals surface area contributed by atoms with Gasteiger partial charge in [-0.15, -0.1) is 0 Å². The van der Waals surface area contributed by atoms with E-state index in [4.69, 9.17) is 4.74 Å². The lowest BCUT2D eigenvalue weighted by atomic mass is 10.0. The Morgan fingerprint density at radius 3 is 2.42 bits per heavy atom. The highest BCUT2D eigenvalue weighted by atomic mass is 32.2. The summed E-state index contributed by atoms with van der Waals surface area (Å²) < 4.78 is 47.1. The quantitative estimate of drug-likeness (QED) is 0.194. The van der Waals surface area contributed by atoms with Crippen LogP contribution in [0.2, 0.25) is 0 Å². The first kappa shape index (κ1) is 34.3. The number of ether oxygens (including phenoxy) is 1. The van der Waals surface area contributed by atoms with Crippen LogP contribution in [0.3, 0.4) is 0 Å². The zero-order chi connectivity index (χ0) is 32.6. The average Bonchev–Trinajstić information content (AvgIpc) is 3.42. The van der Waals surface area contributed by atoms with Crippen molar-refractivity contribution in [3.05, 3.63) is 95.6 Å². The van der Waals surface area contributed by atoms with Gasteiger partial charge in [0.05, 0.1) is 30.9 Å². The number of hydrogen-bond donors (Lipinski definition) is 3. The maximum absolute atomic E-state index is 13.4.